The van der Waals surface area contributed by atoms with Crippen LogP contribution in [0.3, 0.4) is 0 Å². The number of morpholine rings is 2. The number of nitrogens with one attached hydrogen (secondary N) is 2. The van der Waals surface area contributed by atoms with Crippen LogP contribution in [-0.4, -0.2) is 84.2 Å². The molecule has 10 rings (SSSR count). The number of carbonyl (C=O) groups is 2. The summed E-state index contributed by atoms with van der Waals surface area (Å²) in [7, 11) is 0. The molecule has 2 aliphatic heterocycles. The Labute approximate surface area is 441 Å². The Hall–Kier alpha value is -7.59. The lowest BCUT2D eigenvalue weighted by Gasteiger charge is -2.30. The van der Waals surface area contributed by atoms with E-state index in [2.05, 4.69) is 47.5 Å². The third-order valence-electron chi connectivity index (χ3n) is 12.9. The third kappa shape index (κ3) is 13.6. The van der Waals surface area contributed by atoms with Crippen molar-refractivity contribution in [1.29, 1.82) is 0 Å². The lowest BCUT2D eigenvalue weighted by Crippen LogP contribution is -2.36. The number of aromatic nitrogens is 4. The molecule has 8 aromatic rings. The predicted molar refractivity (Wildman–Crippen MR) is 298 cm³/mol. The van der Waals surface area contributed by atoms with Crippen LogP contribution in [0.25, 0.3) is 44.6 Å². The summed E-state index contributed by atoms with van der Waals surface area (Å²) in [5.74, 6) is -0.567. The van der Waals surface area contributed by atoms with Crippen LogP contribution in [0.2, 0.25) is 5.02 Å². The zero-order valence-electron chi connectivity index (χ0n) is 43.1. The van der Waals surface area contributed by atoms with Gasteiger partial charge in [0.1, 0.15) is 17.4 Å². The van der Waals surface area contributed by atoms with E-state index in [1.807, 2.05) is 102 Å². The smallest absolute Gasteiger partial charge is 0.226 e. The maximum Gasteiger partial charge on any atom is 0.226 e. The van der Waals surface area contributed by atoms with Gasteiger partial charge in [0.05, 0.1) is 70.9 Å². The number of hydrogen-bond acceptors (Lipinski definition) is 12. The van der Waals surface area contributed by atoms with Crippen molar-refractivity contribution in [1.82, 2.24) is 19.9 Å². The van der Waals surface area contributed by atoms with Crippen LogP contribution >= 0.6 is 11.6 Å². The van der Waals surface area contributed by atoms with E-state index in [-0.39, 0.29) is 35.2 Å². The van der Waals surface area contributed by atoms with Gasteiger partial charge in [0.15, 0.2) is 0 Å². The average molecular weight is 1030 g/mol. The van der Waals surface area contributed by atoms with Gasteiger partial charge in [0.25, 0.3) is 0 Å². The summed E-state index contributed by atoms with van der Waals surface area (Å²) in [5, 5.41) is 8.74. The average Bonchev–Trinajstić information content (AvgIpc) is 3.41. The highest BCUT2D eigenvalue weighted by Gasteiger charge is 2.20. The SMILES string of the molecule is CC(C)C(=O)Cc1cc(N)cc(N2CCOCC2)c1.Cc1c(-c2ccccn2)nc2cc(F)ccc2c1Cl.Cc1c(-c2ccccn2)nc2cc(F)ccc2c1Nc1cc(NC(=O)C(C)C)cc(N2CCOCC2)c1. The number of carbonyl (C=O) groups excluding carboxylic acids is 2. The van der Waals surface area contributed by atoms with Crippen molar-refractivity contribution in [3.05, 3.63) is 155 Å². The molecule has 1 amide bonds. The molecule has 2 aliphatic rings. The van der Waals surface area contributed by atoms with E-state index in [0.29, 0.717) is 58.5 Å². The number of fused-ring (bicyclic) bond motifs is 2. The van der Waals surface area contributed by atoms with Crippen LogP contribution in [0.5, 0.6) is 0 Å². The number of pyridine rings is 4. The molecule has 6 heterocycles. The first kappa shape index (κ1) is 53.7. The first-order valence-electron chi connectivity index (χ1n) is 25.1. The molecule has 16 heteroatoms. The van der Waals surface area contributed by atoms with Crippen LogP contribution < -0.4 is 26.2 Å². The van der Waals surface area contributed by atoms with Gasteiger partial charge < -0.3 is 35.6 Å². The number of halogens is 3. The Morgan fingerprint density at radius 2 is 1.19 bits per heavy atom. The number of ketones is 1. The Morgan fingerprint density at radius 1 is 0.653 bits per heavy atom. The van der Waals surface area contributed by atoms with Gasteiger partial charge in [0.2, 0.25) is 5.91 Å². The molecule has 0 aliphatic carbocycles. The van der Waals surface area contributed by atoms with Crippen molar-refractivity contribution in [2.24, 2.45) is 11.8 Å². The monoisotopic (exact) mass is 1030 g/mol. The number of nitrogen functional groups attached to an aromatic ring is 1. The minimum atomic E-state index is -0.352. The zero-order chi connectivity index (χ0) is 53.2. The number of benzene rings is 4. The maximum atomic E-state index is 14.2. The summed E-state index contributed by atoms with van der Waals surface area (Å²) in [4.78, 5) is 46.8. The molecule has 13 nitrogen and oxygen atoms in total. The summed E-state index contributed by atoms with van der Waals surface area (Å²) in [6.07, 6.45) is 3.87. The molecular weight excluding hydrogens is 972 g/mol. The molecule has 0 spiro atoms. The Balaban J connectivity index is 0.000000165. The van der Waals surface area contributed by atoms with E-state index < -0.39 is 0 Å². The second kappa shape index (κ2) is 24.6. The number of hydrogen-bond donors (Lipinski definition) is 3. The highest BCUT2D eigenvalue weighted by atomic mass is 35.5. The fraction of sp³-hybridized carbons (Fsp3) is 0.288. The van der Waals surface area contributed by atoms with Crippen LogP contribution in [0.15, 0.2) is 122 Å². The molecule has 0 radical (unpaired) electrons. The highest BCUT2D eigenvalue weighted by molar-refractivity contribution is 6.36. The molecule has 4 aromatic heterocycles. The Morgan fingerprint density at radius 3 is 1.73 bits per heavy atom. The number of nitrogens with zero attached hydrogens (tertiary/aromatic N) is 6. The highest BCUT2D eigenvalue weighted by Crippen LogP contribution is 2.37. The summed E-state index contributed by atoms with van der Waals surface area (Å²) in [6, 6.07) is 32.1. The number of amides is 1. The lowest BCUT2D eigenvalue weighted by atomic mass is 10.00. The Bertz CT molecular complexity index is 3300. The second-order valence-corrected chi connectivity index (χ2v) is 19.5. The fourth-order valence-electron chi connectivity index (χ4n) is 8.69. The van der Waals surface area contributed by atoms with E-state index in [4.69, 9.17) is 31.8 Å². The van der Waals surface area contributed by atoms with E-state index in [9.17, 15) is 18.4 Å². The number of anilines is 6. The molecule has 0 atom stereocenters. The van der Waals surface area contributed by atoms with Crippen molar-refractivity contribution in [3.63, 3.8) is 0 Å². The van der Waals surface area contributed by atoms with Gasteiger partial charge in [-0.2, -0.15) is 0 Å². The van der Waals surface area contributed by atoms with Gasteiger partial charge in [0, 0.05) is 114 Å². The van der Waals surface area contributed by atoms with E-state index >= 15 is 0 Å². The molecule has 4 N–H and O–H groups in total. The topological polar surface area (TPSA) is 161 Å². The first-order chi connectivity index (χ1) is 36.1. The van der Waals surface area contributed by atoms with Gasteiger partial charge >= 0.3 is 0 Å². The Kier molecular flexibility index (Phi) is 17.6. The van der Waals surface area contributed by atoms with Crippen LogP contribution in [0.4, 0.5) is 42.9 Å². The molecule has 388 valence electrons. The molecule has 0 bridgehead atoms. The number of ether oxygens (including phenoxy) is 2. The normalized spacial score (nSPS) is 13.5. The van der Waals surface area contributed by atoms with Crippen molar-refractivity contribution < 1.29 is 27.8 Å². The summed E-state index contributed by atoms with van der Waals surface area (Å²) in [5.41, 5.74) is 17.7. The van der Waals surface area contributed by atoms with Gasteiger partial charge in [-0.3, -0.25) is 19.6 Å². The van der Waals surface area contributed by atoms with Crippen molar-refractivity contribution >= 4 is 79.2 Å². The summed E-state index contributed by atoms with van der Waals surface area (Å²) >= 11 is 6.34. The molecule has 2 fully saturated rings. The number of rotatable bonds is 11. The van der Waals surface area contributed by atoms with Crippen LogP contribution in [0.1, 0.15) is 44.4 Å². The van der Waals surface area contributed by atoms with E-state index in [1.54, 1.807) is 24.5 Å². The van der Waals surface area contributed by atoms with Crippen molar-refractivity contribution in [2.45, 2.75) is 48.0 Å². The lowest BCUT2D eigenvalue weighted by molar-refractivity contribution is -0.121. The second-order valence-electron chi connectivity index (χ2n) is 19.1. The largest absolute Gasteiger partial charge is 0.399 e. The standard InChI is InChI=1S/C29H30FN5O2.C15H10ClFN2.C15H22N2O2/c1-18(2)29(36)33-22-15-21(16-23(17-22)35-10-12-37-13-11-35)32-27-19(3)28(25-6-4-5-9-31-25)34-26-14-20(30)7-8-24(26)27;1-9-14(16)11-6-5-10(17)8-13(11)19-15(9)12-4-2-3-7-18-12;1-11(2)15(18)9-12-7-13(16)10-14(8-12)17-3-5-19-6-4-17/h4-9,14-18H,10-13H2,1-3H3,(H,32,34)(H,33,36);2-8H,1H3;7-8,10-11H,3-6,9,16H2,1-2H3. The maximum absolute atomic E-state index is 14.2. The third-order valence-corrected chi connectivity index (χ3v) is 13.4. The summed E-state index contributed by atoms with van der Waals surface area (Å²) < 4.78 is 38.4. The van der Waals surface area contributed by atoms with E-state index in [0.717, 1.165) is 101 Å². The number of Topliss-reactive ketones (excluding diaryl/α,β-unsaturated/α-hetero) is 1. The zero-order valence-corrected chi connectivity index (χ0v) is 43.8. The van der Waals surface area contributed by atoms with Crippen molar-refractivity contribution in [3.8, 4) is 22.8 Å². The minimum absolute atomic E-state index is 0.0523. The van der Waals surface area contributed by atoms with E-state index in [1.165, 1.54) is 24.3 Å². The first-order valence-corrected chi connectivity index (χ1v) is 25.5. The van der Waals surface area contributed by atoms with Crippen LogP contribution in [-0.2, 0) is 25.5 Å². The predicted octanol–water partition coefficient (Wildman–Crippen LogP) is 12.2. The molecule has 75 heavy (non-hydrogen) atoms. The van der Waals surface area contributed by atoms with Gasteiger partial charge in [-0.15, -0.1) is 0 Å². The minimum Gasteiger partial charge on any atom is -0.399 e. The van der Waals surface area contributed by atoms with Gasteiger partial charge in [-0.05, 0) is 110 Å². The fourth-order valence-corrected chi connectivity index (χ4v) is 8.94. The van der Waals surface area contributed by atoms with Gasteiger partial charge in [-0.1, -0.05) is 51.4 Å². The molecule has 2 saturated heterocycles. The summed E-state index contributed by atoms with van der Waals surface area (Å²) in [6.45, 7) is 17.5. The number of nitrogens with two attached hydrogens (primary N) is 1. The molecular formula is C59H62ClF2N9O4. The van der Waals surface area contributed by atoms with Crippen molar-refractivity contribution in [2.75, 3.05) is 78.8 Å². The van der Waals surface area contributed by atoms with Crippen LogP contribution in [0, 0.1) is 37.3 Å². The molecule has 0 unspecified atom stereocenters. The van der Waals surface area contributed by atoms with Gasteiger partial charge in [-0.25, -0.2) is 18.7 Å². The molecule has 4 aromatic carbocycles. The molecule has 0 saturated carbocycles. The quantitative estimate of drug-likeness (QED) is 0.105.